The van der Waals surface area contributed by atoms with E-state index in [-0.39, 0.29) is 6.54 Å². The van der Waals surface area contributed by atoms with Crippen LogP contribution in [0.2, 0.25) is 0 Å². The summed E-state index contributed by atoms with van der Waals surface area (Å²) in [5, 5.41) is 21.2. The minimum Gasteiger partial charge on any atom is -0.480 e. The molecule has 0 bridgehead atoms. The van der Waals surface area contributed by atoms with E-state index in [0.29, 0.717) is 17.6 Å². The first-order chi connectivity index (χ1) is 10.0. The van der Waals surface area contributed by atoms with Gasteiger partial charge >= 0.3 is 5.97 Å². The van der Waals surface area contributed by atoms with Crippen LogP contribution in [0, 0.1) is 11.3 Å². The molecule has 0 unspecified atom stereocenters. The highest BCUT2D eigenvalue weighted by atomic mass is 79.9. The summed E-state index contributed by atoms with van der Waals surface area (Å²) in [4.78, 5) is 12.8. The minimum atomic E-state index is -0.775. The van der Waals surface area contributed by atoms with Crippen molar-refractivity contribution in [3.63, 3.8) is 0 Å². The van der Waals surface area contributed by atoms with Gasteiger partial charge in [0.05, 0.1) is 18.2 Å². The quantitative estimate of drug-likeness (QED) is 0.823. The molecule has 21 heavy (non-hydrogen) atoms. The summed E-state index contributed by atoms with van der Waals surface area (Å²) in [6.45, 7) is 2.85. The SMILES string of the molecule is CCN(CC(=O)O)C1CC(Nc2ccc(C#N)cc2Br)C1. The van der Waals surface area contributed by atoms with Gasteiger partial charge in [-0.05, 0) is 53.5 Å². The summed E-state index contributed by atoms with van der Waals surface area (Å²) in [6, 6.07) is 8.26. The Labute approximate surface area is 132 Å². The Balaban J connectivity index is 1.88. The molecular formula is C15H18BrN3O2. The summed E-state index contributed by atoms with van der Waals surface area (Å²) in [5.74, 6) is -0.775. The molecule has 0 amide bonds. The molecule has 112 valence electrons. The molecule has 0 radical (unpaired) electrons. The van der Waals surface area contributed by atoms with Crippen LogP contribution in [0.5, 0.6) is 0 Å². The van der Waals surface area contributed by atoms with Crippen molar-refractivity contribution < 1.29 is 9.90 Å². The van der Waals surface area contributed by atoms with E-state index in [4.69, 9.17) is 10.4 Å². The number of anilines is 1. The van der Waals surface area contributed by atoms with Gasteiger partial charge in [-0.3, -0.25) is 9.69 Å². The molecule has 5 nitrogen and oxygen atoms in total. The summed E-state index contributed by atoms with van der Waals surface area (Å²) in [5.41, 5.74) is 1.59. The molecule has 0 saturated heterocycles. The van der Waals surface area contributed by atoms with Crippen LogP contribution in [0.4, 0.5) is 5.69 Å². The van der Waals surface area contributed by atoms with Gasteiger partial charge in [0.2, 0.25) is 0 Å². The Morgan fingerprint density at radius 3 is 2.81 bits per heavy atom. The normalized spacial score (nSPS) is 20.7. The number of hydrogen-bond donors (Lipinski definition) is 2. The number of nitrogens with one attached hydrogen (secondary N) is 1. The van der Waals surface area contributed by atoms with Crippen LogP contribution in [-0.4, -0.2) is 41.1 Å². The van der Waals surface area contributed by atoms with Crippen molar-refractivity contribution in [3.8, 4) is 6.07 Å². The van der Waals surface area contributed by atoms with Gasteiger partial charge in [0.25, 0.3) is 0 Å². The average molecular weight is 352 g/mol. The maximum Gasteiger partial charge on any atom is 0.317 e. The number of hydrogen-bond acceptors (Lipinski definition) is 4. The van der Waals surface area contributed by atoms with Gasteiger partial charge in [-0.1, -0.05) is 6.92 Å². The van der Waals surface area contributed by atoms with Crippen molar-refractivity contribution in [1.82, 2.24) is 4.90 Å². The van der Waals surface area contributed by atoms with Crippen LogP contribution < -0.4 is 5.32 Å². The smallest absolute Gasteiger partial charge is 0.317 e. The Morgan fingerprint density at radius 1 is 1.57 bits per heavy atom. The largest absolute Gasteiger partial charge is 0.480 e. The number of rotatable bonds is 6. The van der Waals surface area contributed by atoms with Gasteiger partial charge in [0.1, 0.15) is 0 Å². The van der Waals surface area contributed by atoms with Crippen LogP contribution in [-0.2, 0) is 4.79 Å². The van der Waals surface area contributed by atoms with E-state index in [2.05, 4.69) is 27.3 Å². The zero-order valence-corrected chi connectivity index (χ0v) is 13.4. The lowest BCUT2D eigenvalue weighted by molar-refractivity contribution is -0.139. The van der Waals surface area contributed by atoms with Crippen LogP contribution in [0.3, 0.4) is 0 Å². The summed E-state index contributed by atoms with van der Waals surface area (Å²) in [6.07, 6.45) is 1.88. The highest BCUT2D eigenvalue weighted by Crippen LogP contribution is 2.31. The first-order valence-electron chi connectivity index (χ1n) is 6.95. The third-order valence-corrected chi connectivity index (χ3v) is 4.49. The molecule has 0 aromatic heterocycles. The molecule has 0 heterocycles. The molecule has 0 aliphatic heterocycles. The minimum absolute atomic E-state index is 0.106. The Hall–Kier alpha value is -1.58. The fraction of sp³-hybridized carbons (Fsp3) is 0.467. The standard InChI is InChI=1S/C15H18BrN3O2/c1-2-19(9-15(20)21)12-6-11(7-12)18-14-4-3-10(8-17)5-13(14)16/h3-5,11-12,18H,2,6-7,9H2,1H3,(H,20,21). The van der Waals surface area contributed by atoms with E-state index in [1.165, 1.54) is 0 Å². The van der Waals surface area contributed by atoms with Crippen LogP contribution in [0.1, 0.15) is 25.3 Å². The van der Waals surface area contributed by atoms with Crippen molar-refractivity contribution in [3.05, 3.63) is 28.2 Å². The molecule has 1 aromatic carbocycles. The number of benzene rings is 1. The van der Waals surface area contributed by atoms with Crippen molar-refractivity contribution in [1.29, 1.82) is 5.26 Å². The molecule has 1 aliphatic carbocycles. The second kappa shape index (κ2) is 6.92. The predicted molar refractivity (Wildman–Crippen MR) is 84.2 cm³/mol. The van der Waals surface area contributed by atoms with Crippen molar-refractivity contribution >= 4 is 27.6 Å². The van der Waals surface area contributed by atoms with Gasteiger partial charge < -0.3 is 10.4 Å². The van der Waals surface area contributed by atoms with E-state index in [1.54, 1.807) is 12.1 Å². The van der Waals surface area contributed by atoms with Crippen molar-refractivity contribution in [2.24, 2.45) is 0 Å². The molecule has 0 spiro atoms. The Kier molecular flexibility index (Phi) is 5.21. The van der Waals surface area contributed by atoms with E-state index in [0.717, 1.165) is 29.5 Å². The second-order valence-electron chi connectivity index (χ2n) is 5.23. The van der Waals surface area contributed by atoms with Crippen LogP contribution >= 0.6 is 15.9 Å². The van der Waals surface area contributed by atoms with Gasteiger partial charge in [-0.25, -0.2) is 0 Å². The van der Waals surface area contributed by atoms with Gasteiger partial charge in [-0.15, -0.1) is 0 Å². The Morgan fingerprint density at radius 2 is 2.29 bits per heavy atom. The number of carbonyl (C=O) groups is 1. The van der Waals surface area contributed by atoms with E-state index >= 15 is 0 Å². The molecule has 0 atom stereocenters. The Bertz CT molecular complexity index is 565. The van der Waals surface area contributed by atoms with Gasteiger partial charge in [-0.2, -0.15) is 5.26 Å². The maximum absolute atomic E-state index is 10.8. The second-order valence-corrected chi connectivity index (χ2v) is 6.08. The first-order valence-corrected chi connectivity index (χ1v) is 7.74. The summed E-state index contributed by atoms with van der Waals surface area (Å²) < 4.78 is 0.878. The molecular weight excluding hydrogens is 334 g/mol. The highest BCUT2D eigenvalue weighted by Gasteiger charge is 2.33. The number of likely N-dealkylation sites (N-methyl/N-ethyl adjacent to an activating group) is 1. The monoisotopic (exact) mass is 351 g/mol. The molecule has 1 fully saturated rings. The molecule has 1 saturated carbocycles. The van der Waals surface area contributed by atoms with Crippen molar-refractivity contribution in [2.45, 2.75) is 31.8 Å². The fourth-order valence-corrected chi connectivity index (χ4v) is 3.09. The number of nitrogens with zero attached hydrogens (tertiary/aromatic N) is 2. The number of aliphatic carboxylic acids is 1. The number of nitriles is 1. The molecule has 1 aromatic rings. The topological polar surface area (TPSA) is 76.4 Å². The lowest BCUT2D eigenvalue weighted by Crippen LogP contribution is -2.51. The van der Waals surface area contributed by atoms with E-state index < -0.39 is 5.97 Å². The molecule has 1 aliphatic rings. The zero-order valence-electron chi connectivity index (χ0n) is 11.8. The first kappa shape index (κ1) is 15.8. The summed E-state index contributed by atoms with van der Waals surface area (Å²) >= 11 is 3.46. The lowest BCUT2D eigenvalue weighted by atomic mass is 9.85. The fourth-order valence-electron chi connectivity index (χ4n) is 2.60. The highest BCUT2D eigenvalue weighted by molar-refractivity contribution is 9.10. The summed E-state index contributed by atoms with van der Waals surface area (Å²) in [7, 11) is 0. The number of carboxylic acid groups (broad SMARTS) is 1. The third kappa shape index (κ3) is 3.96. The van der Waals surface area contributed by atoms with Crippen molar-refractivity contribution in [2.75, 3.05) is 18.4 Å². The van der Waals surface area contributed by atoms with Gasteiger partial charge in [0.15, 0.2) is 0 Å². The zero-order chi connectivity index (χ0) is 15.4. The number of halogens is 1. The predicted octanol–water partition coefficient (Wildman–Crippen LogP) is 2.67. The number of carboxylic acids is 1. The molecule has 6 heteroatoms. The maximum atomic E-state index is 10.8. The molecule has 2 rings (SSSR count). The van der Waals surface area contributed by atoms with Crippen LogP contribution in [0.25, 0.3) is 0 Å². The van der Waals surface area contributed by atoms with E-state index in [9.17, 15) is 4.79 Å². The third-order valence-electron chi connectivity index (χ3n) is 3.83. The van der Waals surface area contributed by atoms with Gasteiger partial charge in [0, 0.05) is 22.2 Å². The van der Waals surface area contributed by atoms with Crippen LogP contribution in [0.15, 0.2) is 22.7 Å². The average Bonchev–Trinajstić information content (AvgIpc) is 2.41. The lowest BCUT2D eigenvalue weighted by Gasteiger charge is -2.42. The molecule has 2 N–H and O–H groups in total. The van der Waals surface area contributed by atoms with E-state index in [1.807, 2.05) is 17.9 Å².